The number of hydrogen-bond acceptors (Lipinski definition) is 3. The van der Waals surface area contributed by atoms with Gasteiger partial charge >= 0.3 is 6.09 Å². The lowest BCUT2D eigenvalue weighted by molar-refractivity contribution is -0.123. The molecule has 1 aromatic carbocycles. The highest BCUT2D eigenvalue weighted by atomic mass is 16.5. The molecule has 0 aliphatic rings. The van der Waals surface area contributed by atoms with Gasteiger partial charge in [-0.3, -0.25) is 4.79 Å². The zero-order valence-electron chi connectivity index (χ0n) is 13.5. The fraction of sp³-hybridized carbons (Fsp3) is 0.529. The highest BCUT2D eigenvalue weighted by Crippen LogP contribution is 2.21. The summed E-state index contributed by atoms with van der Waals surface area (Å²) in [6.45, 7) is 9.76. The van der Waals surface area contributed by atoms with E-state index >= 15 is 0 Å². The zero-order chi connectivity index (χ0) is 16.0. The van der Waals surface area contributed by atoms with Crippen LogP contribution in [0.25, 0.3) is 0 Å². The molecule has 0 aliphatic carbocycles. The summed E-state index contributed by atoms with van der Waals surface area (Å²) in [7, 11) is 0. The summed E-state index contributed by atoms with van der Waals surface area (Å²) in [6, 6.07) is 7.24. The van der Waals surface area contributed by atoms with Gasteiger partial charge in [0.25, 0.3) is 0 Å². The number of rotatable bonds is 5. The zero-order valence-corrected chi connectivity index (χ0v) is 13.5. The molecule has 1 aromatic rings. The number of carbonyl (C=O) groups is 2. The Morgan fingerprint density at radius 3 is 2.24 bits per heavy atom. The van der Waals surface area contributed by atoms with Crippen molar-refractivity contribution in [3.05, 3.63) is 35.4 Å². The molecule has 1 amide bonds. The first kappa shape index (κ1) is 17.2. The van der Waals surface area contributed by atoms with Gasteiger partial charge in [-0.05, 0) is 17.9 Å². The third kappa shape index (κ3) is 5.58. The second-order valence-electron chi connectivity index (χ2n) is 6.32. The van der Waals surface area contributed by atoms with Crippen molar-refractivity contribution < 1.29 is 14.3 Å². The molecule has 1 rings (SSSR count). The molecule has 0 radical (unpaired) electrons. The molecule has 4 heteroatoms. The van der Waals surface area contributed by atoms with Gasteiger partial charge < -0.3 is 10.1 Å². The van der Waals surface area contributed by atoms with Crippen LogP contribution in [0.3, 0.4) is 0 Å². The van der Waals surface area contributed by atoms with Crippen LogP contribution in [0.1, 0.15) is 45.2 Å². The van der Waals surface area contributed by atoms with E-state index in [0.717, 1.165) is 11.1 Å². The van der Waals surface area contributed by atoms with Gasteiger partial charge in [0.15, 0.2) is 5.78 Å². The number of aryl methyl sites for hydroxylation is 1. The van der Waals surface area contributed by atoms with Crippen molar-refractivity contribution in [2.45, 2.75) is 53.7 Å². The van der Waals surface area contributed by atoms with Crippen LogP contribution >= 0.6 is 0 Å². The van der Waals surface area contributed by atoms with E-state index in [-0.39, 0.29) is 17.8 Å². The Hall–Kier alpha value is -1.84. The van der Waals surface area contributed by atoms with E-state index < -0.39 is 12.1 Å². The van der Waals surface area contributed by atoms with E-state index in [2.05, 4.69) is 5.32 Å². The minimum absolute atomic E-state index is 0.00906. The number of carbonyl (C=O) groups excluding carboxylic acids is 2. The number of hydrogen-bond donors (Lipinski definition) is 1. The summed E-state index contributed by atoms with van der Waals surface area (Å²) in [5.74, 6) is 0.00906. The maximum Gasteiger partial charge on any atom is 0.408 e. The topological polar surface area (TPSA) is 55.4 Å². The molecule has 116 valence electrons. The van der Waals surface area contributed by atoms with E-state index in [0.29, 0.717) is 6.42 Å². The average molecular weight is 291 g/mol. The molecule has 0 aliphatic heterocycles. The Morgan fingerprint density at radius 1 is 1.19 bits per heavy atom. The number of ketones is 1. The smallest absolute Gasteiger partial charge is 0.408 e. The molecular formula is C17H25NO3. The van der Waals surface area contributed by atoms with Gasteiger partial charge in [-0.1, -0.05) is 57.5 Å². The van der Waals surface area contributed by atoms with Crippen LogP contribution in [0.15, 0.2) is 24.3 Å². The van der Waals surface area contributed by atoms with Gasteiger partial charge in [0.2, 0.25) is 0 Å². The van der Waals surface area contributed by atoms with Crippen LogP contribution in [0.5, 0.6) is 0 Å². The standard InChI is InChI=1S/C17H25NO3/c1-6-14(19)15(17(3,4)5)18-16(20)21-11-13-9-7-12(2)8-10-13/h7-10,15H,6,11H2,1-5H3,(H,18,20). The monoisotopic (exact) mass is 291 g/mol. The molecule has 21 heavy (non-hydrogen) atoms. The van der Waals surface area contributed by atoms with E-state index in [1.807, 2.05) is 52.0 Å². The summed E-state index contributed by atoms with van der Waals surface area (Å²) in [5.41, 5.74) is 1.74. The molecule has 1 N–H and O–H groups in total. The van der Waals surface area contributed by atoms with Crippen molar-refractivity contribution >= 4 is 11.9 Å². The predicted molar refractivity (Wildman–Crippen MR) is 83.0 cm³/mol. The number of ether oxygens (including phenoxy) is 1. The minimum atomic E-state index is -0.558. The molecule has 4 nitrogen and oxygen atoms in total. The Bertz CT molecular complexity index is 486. The maximum atomic E-state index is 11.9. The van der Waals surface area contributed by atoms with Crippen LogP contribution in [-0.2, 0) is 16.1 Å². The van der Waals surface area contributed by atoms with Gasteiger partial charge in [-0.2, -0.15) is 0 Å². The maximum absolute atomic E-state index is 11.9. The SMILES string of the molecule is CCC(=O)C(NC(=O)OCc1ccc(C)cc1)C(C)(C)C. The number of alkyl carbamates (subject to hydrolysis) is 1. The molecule has 0 aromatic heterocycles. The Balaban J connectivity index is 2.58. The van der Waals surface area contributed by atoms with Crippen LogP contribution < -0.4 is 5.32 Å². The lowest BCUT2D eigenvalue weighted by atomic mass is 9.83. The van der Waals surface area contributed by atoms with Gasteiger partial charge in [-0.25, -0.2) is 4.79 Å². The number of nitrogens with one attached hydrogen (secondary N) is 1. The fourth-order valence-electron chi connectivity index (χ4n) is 1.98. The molecule has 0 saturated heterocycles. The Kier molecular flexibility index (Phi) is 5.94. The third-order valence-corrected chi connectivity index (χ3v) is 3.29. The summed E-state index contributed by atoms with van der Waals surface area (Å²) in [5, 5.41) is 2.68. The number of Topliss-reactive ketones (excluding diaryl/α,β-unsaturated/α-hetero) is 1. The minimum Gasteiger partial charge on any atom is -0.445 e. The second-order valence-corrected chi connectivity index (χ2v) is 6.32. The molecular weight excluding hydrogens is 266 g/mol. The molecule has 0 bridgehead atoms. The first-order valence-electron chi connectivity index (χ1n) is 7.25. The quantitative estimate of drug-likeness (QED) is 0.901. The molecule has 0 heterocycles. The van der Waals surface area contributed by atoms with Crippen LogP contribution in [0.2, 0.25) is 0 Å². The number of amides is 1. The summed E-state index contributed by atoms with van der Waals surface area (Å²) in [6.07, 6.45) is -0.169. The molecule has 0 saturated carbocycles. The second kappa shape index (κ2) is 7.25. The first-order chi connectivity index (χ1) is 9.74. The van der Waals surface area contributed by atoms with Crippen molar-refractivity contribution in [2.24, 2.45) is 5.41 Å². The first-order valence-corrected chi connectivity index (χ1v) is 7.25. The summed E-state index contributed by atoms with van der Waals surface area (Å²) in [4.78, 5) is 23.8. The van der Waals surface area contributed by atoms with Crippen LogP contribution in [0.4, 0.5) is 4.79 Å². The van der Waals surface area contributed by atoms with Gasteiger partial charge in [-0.15, -0.1) is 0 Å². The van der Waals surface area contributed by atoms with Gasteiger partial charge in [0.05, 0.1) is 6.04 Å². The Labute approximate surface area is 126 Å². The number of benzene rings is 1. The lowest BCUT2D eigenvalue weighted by Gasteiger charge is -2.29. The third-order valence-electron chi connectivity index (χ3n) is 3.29. The van der Waals surface area contributed by atoms with Crippen LogP contribution in [0, 0.1) is 12.3 Å². The normalized spacial score (nSPS) is 12.6. The van der Waals surface area contributed by atoms with Gasteiger partial charge in [0.1, 0.15) is 6.61 Å². The average Bonchev–Trinajstić information content (AvgIpc) is 2.42. The molecule has 0 spiro atoms. The van der Waals surface area contributed by atoms with Gasteiger partial charge in [0, 0.05) is 6.42 Å². The van der Waals surface area contributed by atoms with E-state index in [4.69, 9.17) is 4.74 Å². The van der Waals surface area contributed by atoms with E-state index in [9.17, 15) is 9.59 Å². The predicted octanol–water partition coefficient (Wildman–Crippen LogP) is 3.62. The van der Waals surface area contributed by atoms with Crippen molar-refractivity contribution in [3.63, 3.8) is 0 Å². The van der Waals surface area contributed by atoms with Crippen molar-refractivity contribution in [1.29, 1.82) is 0 Å². The van der Waals surface area contributed by atoms with Crippen molar-refractivity contribution in [1.82, 2.24) is 5.32 Å². The van der Waals surface area contributed by atoms with E-state index in [1.165, 1.54) is 0 Å². The highest BCUT2D eigenvalue weighted by Gasteiger charge is 2.31. The van der Waals surface area contributed by atoms with E-state index in [1.54, 1.807) is 6.92 Å². The largest absolute Gasteiger partial charge is 0.445 e. The molecule has 1 unspecified atom stereocenters. The highest BCUT2D eigenvalue weighted by molar-refractivity contribution is 5.87. The van der Waals surface area contributed by atoms with Crippen molar-refractivity contribution in [3.8, 4) is 0 Å². The Morgan fingerprint density at radius 2 is 1.76 bits per heavy atom. The molecule has 0 fully saturated rings. The summed E-state index contributed by atoms with van der Waals surface area (Å²) >= 11 is 0. The molecule has 1 atom stereocenters. The summed E-state index contributed by atoms with van der Waals surface area (Å²) < 4.78 is 5.19. The lowest BCUT2D eigenvalue weighted by Crippen LogP contribution is -2.49. The fourth-order valence-corrected chi connectivity index (χ4v) is 1.98. The van der Waals surface area contributed by atoms with Crippen LogP contribution in [-0.4, -0.2) is 17.9 Å². The van der Waals surface area contributed by atoms with Crippen molar-refractivity contribution in [2.75, 3.05) is 0 Å².